The van der Waals surface area contributed by atoms with E-state index in [-0.39, 0.29) is 0 Å². The quantitative estimate of drug-likeness (QED) is 0.533. The standard InChI is InChI=1S/C18H16Cl2N2/c19-16-7-5-13(6-8-16)9-10-21-12-15-11-14-3-1-2-4-17(14)22-18(15)20/h1-8,11,21H,9-10,12H2. The molecule has 0 aliphatic rings. The lowest BCUT2D eigenvalue weighted by atomic mass is 10.1. The Morgan fingerprint density at radius 2 is 1.73 bits per heavy atom. The van der Waals surface area contributed by atoms with Crippen LogP contribution in [0.4, 0.5) is 0 Å². The van der Waals surface area contributed by atoms with E-state index in [1.807, 2.05) is 30.3 Å². The van der Waals surface area contributed by atoms with E-state index in [0.717, 1.165) is 34.5 Å². The number of para-hydroxylation sites is 1. The Hall–Kier alpha value is -1.61. The lowest BCUT2D eigenvalue weighted by Gasteiger charge is -2.08. The summed E-state index contributed by atoms with van der Waals surface area (Å²) in [6.45, 7) is 1.59. The highest BCUT2D eigenvalue weighted by Crippen LogP contribution is 2.20. The number of fused-ring (bicyclic) bond motifs is 1. The van der Waals surface area contributed by atoms with Crippen LogP contribution in [0.5, 0.6) is 0 Å². The molecule has 1 N–H and O–H groups in total. The van der Waals surface area contributed by atoms with Crippen molar-refractivity contribution >= 4 is 34.1 Å². The third-order valence-corrected chi connectivity index (χ3v) is 4.15. The van der Waals surface area contributed by atoms with Crippen molar-refractivity contribution in [2.45, 2.75) is 13.0 Å². The number of benzene rings is 2. The summed E-state index contributed by atoms with van der Waals surface area (Å²) in [6.07, 6.45) is 0.954. The minimum Gasteiger partial charge on any atom is -0.312 e. The van der Waals surface area contributed by atoms with Crippen LogP contribution in [-0.2, 0) is 13.0 Å². The lowest BCUT2D eigenvalue weighted by Crippen LogP contribution is -2.17. The van der Waals surface area contributed by atoms with Gasteiger partial charge in [-0.3, -0.25) is 0 Å². The first-order valence-electron chi connectivity index (χ1n) is 7.22. The third kappa shape index (κ3) is 3.77. The molecule has 3 aromatic rings. The van der Waals surface area contributed by atoms with Gasteiger partial charge in [0, 0.05) is 22.5 Å². The molecule has 2 aromatic carbocycles. The van der Waals surface area contributed by atoms with Crippen molar-refractivity contribution in [2.24, 2.45) is 0 Å². The van der Waals surface area contributed by atoms with Crippen LogP contribution in [-0.4, -0.2) is 11.5 Å². The molecular formula is C18H16Cl2N2. The minimum absolute atomic E-state index is 0.567. The van der Waals surface area contributed by atoms with Gasteiger partial charge in [0.05, 0.1) is 5.52 Å². The molecule has 0 atom stereocenters. The molecule has 0 saturated carbocycles. The average Bonchev–Trinajstić information content (AvgIpc) is 2.53. The van der Waals surface area contributed by atoms with Crippen LogP contribution in [0.3, 0.4) is 0 Å². The summed E-state index contributed by atoms with van der Waals surface area (Å²) in [5.74, 6) is 0. The van der Waals surface area contributed by atoms with E-state index in [1.54, 1.807) is 0 Å². The number of hydrogen-bond acceptors (Lipinski definition) is 2. The maximum absolute atomic E-state index is 6.25. The Bertz CT molecular complexity index is 770. The summed E-state index contributed by atoms with van der Waals surface area (Å²) in [6, 6.07) is 18.0. The van der Waals surface area contributed by atoms with Gasteiger partial charge in [0.25, 0.3) is 0 Å². The second-order valence-electron chi connectivity index (χ2n) is 5.18. The van der Waals surface area contributed by atoms with E-state index in [2.05, 4.69) is 34.6 Å². The molecular weight excluding hydrogens is 315 g/mol. The molecule has 22 heavy (non-hydrogen) atoms. The molecule has 112 valence electrons. The van der Waals surface area contributed by atoms with E-state index in [0.29, 0.717) is 11.7 Å². The maximum Gasteiger partial charge on any atom is 0.134 e. The Morgan fingerprint density at radius 1 is 0.955 bits per heavy atom. The zero-order valence-corrected chi connectivity index (χ0v) is 13.5. The number of halogens is 2. The first-order chi connectivity index (χ1) is 10.7. The highest BCUT2D eigenvalue weighted by Gasteiger charge is 2.04. The summed E-state index contributed by atoms with van der Waals surface area (Å²) in [5, 5.41) is 5.86. The first kappa shape index (κ1) is 15.3. The average molecular weight is 331 g/mol. The Morgan fingerprint density at radius 3 is 2.55 bits per heavy atom. The number of nitrogens with zero attached hydrogens (tertiary/aromatic N) is 1. The van der Waals surface area contributed by atoms with E-state index >= 15 is 0 Å². The maximum atomic E-state index is 6.25. The molecule has 0 fully saturated rings. The predicted molar refractivity (Wildman–Crippen MR) is 93.6 cm³/mol. The zero-order valence-electron chi connectivity index (χ0n) is 12.0. The van der Waals surface area contributed by atoms with Gasteiger partial charge in [0.1, 0.15) is 5.15 Å². The second kappa shape index (κ2) is 7.10. The van der Waals surface area contributed by atoms with Gasteiger partial charge in [0.15, 0.2) is 0 Å². The lowest BCUT2D eigenvalue weighted by molar-refractivity contribution is 0.686. The summed E-state index contributed by atoms with van der Waals surface area (Å²) in [4.78, 5) is 4.43. The van der Waals surface area contributed by atoms with Crippen molar-refractivity contribution in [2.75, 3.05) is 6.54 Å². The monoisotopic (exact) mass is 330 g/mol. The van der Waals surface area contributed by atoms with Crippen molar-refractivity contribution in [1.82, 2.24) is 10.3 Å². The number of hydrogen-bond donors (Lipinski definition) is 1. The molecule has 3 rings (SSSR count). The van der Waals surface area contributed by atoms with E-state index in [9.17, 15) is 0 Å². The molecule has 0 bridgehead atoms. The van der Waals surface area contributed by atoms with Gasteiger partial charge in [0.2, 0.25) is 0 Å². The van der Waals surface area contributed by atoms with Crippen LogP contribution >= 0.6 is 23.2 Å². The van der Waals surface area contributed by atoms with Gasteiger partial charge < -0.3 is 5.32 Å². The number of pyridine rings is 1. The molecule has 1 heterocycles. The predicted octanol–water partition coefficient (Wildman–Crippen LogP) is 4.87. The topological polar surface area (TPSA) is 24.9 Å². The van der Waals surface area contributed by atoms with Gasteiger partial charge in [-0.15, -0.1) is 0 Å². The fraction of sp³-hybridized carbons (Fsp3) is 0.167. The van der Waals surface area contributed by atoms with Gasteiger partial charge >= 0.3 is 0 Å². The van der Waals surface area contributed by atoms with Crippen molar-refractivity contribution in [3.8, 4) is 0 Å². The summed E-state index contributed by atoms with van der Waals surface area (Å²) in [5.41, 5.74) is 3.22. The van der Waals surface area contributed by atoms with Gasteiger partial charge in [-0.2, -0.15) is 0 Å². The Labute approximate surface area is 140 Å². The molecule has 0 amide bonds. The molecule has 0 aliphatic carbocycles. The SMILES string of the molecule is Clc1ccc(CCNCc2cc3ccccc3nc2Cl)cc1. The second-order valence-corrected chi connectivity index (χ2v) is 5.98. The summed E-state index contributed by atoms with van der Waals surface area (Å²) in [7, 11) is 0. The minimum atomic E-state index is 0.567. The van der Waals surface area contributed by atoms with E-state index in [4.69, 9.17) is 23.2 Å². The van der Waals surface area contributed by atoms with Gasteiger partial charge in [-0.25, -0.2) is 4.98 Å². The smallest absolute Gasteiger partial charge is 0.134 e. The van der Waals surface area contributed by atoms with Crippen molar-refractivity contribution in [3.63, 3.8) is 0 Å². The zero-order chi connectivity index (χ0) is 15.4. The van der Waals surface area contributed by atoms with Crippen molar-refractivity contribution < 1.29 is 0 Å². The number of aromatic nitrogens is 1. The molecule has 4 heteroatoms. The fourth-order valence-electron chi connectivity index (χ4n) is 2.37. The molecule has 2 nitrogen and oxygen atoms in total. The summed E-state index contributed by atoms with van der Waals surface area (Å²) < 4.78 is 0. The molecule has 0 radical (unpaired) electrons. The van der Waals surface area contributed by atoms with Crippen LogP contribution < -0.4 is 5.32 Å². The number of rotatable bonds is 5. The third-order valence-electron chi connectivity index (χ3n) is 3.57. The fourth-order valence-corrected chi connectivity index (χ4v) is 2.71. The normalized spacial score (nSPS) is 11.0. The number of nitrogens with one attached hydrogen (secondary N) is 1. The van der Waals surface area contributed by atoms with Crippen molar-refractivity contribution in [1.29, 1.82) is 0 Å². The van der Waals surface area contributed by atoms with Crippen molar-refractivity contribution in [3.05, 3.63) is 75.9 Å². The Kier molecular flexibility index (Phi) is 4.94. The van der Waals surface area contributed by atoms with Crippen LogP contribution in [0, 0.1) is 0 Å². The van der Waals surface area contributed by atoms with E-state index < -0.39 is 0 Å². The molecule has 0 spiro atoms. The van der Waals surface area contributed by atoms with Crippen LogP contribution in [0.2, 0.25) is 10.2 Å². The molecule has 0 unspecified atom stereocenters. The highest BCUT2D eigenvalue weighted by molar-refractivity contribution is 6.30. The van der Waals surface area contributed by atoms with Gasteiger partial charge in [-0.05, 0) is 42.8 Å². The van der Waals surface area contributed by atoms with E-state index in [1.165, 1.54) is 5.56 Å². The summed E-state index contributed by atoms with van der Waals surface area (Å²) >= 11 is 12.1. The Balaban J connectivity index is 1.59. The highest BCUT2D eigenvalue weighted by atomic mass is 35.5. The molecule has 0 saturated heterocycles. The van der Waals surface area contributed by atoms with Gasteiger partial charge in [-0.1, -0.05) is 53.5 Å². The molecule has 1 aromatic heterocycles. The van der Waals surface area contributed by atoms with Crippen LogP contribution in [0.1, 0.15) is 11.1 Å². The first-order valence-corrected chi connectivity index (χ1v) is 7.97. The van der Waals surface area contributed by atoms with Crippen LogP contribution in [0.25, 0.3) is 10.9 Å². The van der Waals surface area contributed by atoms with Crippen LogP contribution in [0.15, 0.2) is 54.6 Å². The largest absolute Gasteiger partial charge is 0.312 e. The molecule has 0 aliphatic heterocycles.